The number of nitrogens with zero attached hydrogens (tertiary/aromatic N) is 1. The maximum Gasteiger partial charge on any atom is 0.125 e. The number of aryl methyl sites for hydroxylation is 1. The number of anilines is 1. The highest BCUT2D eigenvalue weighted by atomic mass is 19.1. The first kappa shape index (κ1) is 15.4. The van der Waals surface area contributed by atoms with Crippen LogP contribution in [0, 0.1) is 12.7 Å². The molecule has 0 bridgehead atoms. The molecule has 0 aliphatic carbocycles. The molecule has 0 fully saturated rings. The van der Waals surface area contributed by atoms with Crippen molar-refractivity contribution in [2.75, 3.05) is 5.32 Å². The molecule has 0 amide bonds. The molecule has 1 atom stereocenters. The predicted molar refractivity (Wildman–Crippen MR) is 99.1 cm³/mol. The van der Waals surface area contributed by atoms with Gasteiger partial charge in [0.1, 0.15) is 5.82 Å². The van der Waals surface area contributed by atoms with Gasteiger partial charge in [-0.05, 0) is 42.8 Å². The molecular weight excluding hydrogens is 313 g/mol. The van der Waals surface area contributed by atoms with Gasteiger partial charge in [0, 0.05) is 40.2 Å². The average Bonchev–Trinajstić information content (AvgIpc) is 2.96. The molecule has 2 aromatic carbocycles. The average molecular weight is 331 g/mol. The summed E-state index contributed by atoms with van der Waals surface area (Å²) in [5.74, 6) is -0.259. The summed E-state index contributed by atoms with van der Waals surface area (Å²) in [6, 6.07) is 18.6. The summed E-state index contributed by atoms with van der Waals surface area (Å²) in [5, 5.41) is 4.62. The van der Waals surface area contributed by atoms with Gasteiger partial charge in [-0.1, -0.05) is 30.3 Å². The largest absolute Gasteiger partial charge is 0.374 e. The number of nitrogens with one attached hydrogen (secondary N) is 2. The highest BCUT2D eigenvalue weighted by Crippen LogP contribution is 2.34. The number of aromatic amines is 1. The van der Waals surface area contributed by atoms with Crippen molar-refractivity contribution in [3.63, 3.8) is 0 Å². The second kappa shape index (κ2) is 6.40. The topological polar surface area (TPSA) is 40.7 Å². The molecule has 2 heterocycles. The van der Waals surface area contributed by atoms with E-state index in [9.17, 15) is 4.39 Å². The molecule has 1 unspecified atom stereocenters. The number of hydrogen-bond acceptors (Lipinski definition) is 2. The first-order chi connectivity index (χ1) is 12.2. The maximum atomic E-state index is 13.6. The molecular formula is C21H18FN3. The van der Waals surface area contributed by atoms with E-state index in [1.54, 1.807) is 12.3 Å². The summed E-state index contributed by atoms with van der Waals surface area (Å²) in [6.45, 7) is 2.06. The Bertz CT molecular complexity index is 1010. The van der Waals surface area contributed by atoms with E-state index in [4.69, 9.17) is 0 Å². The van der Waals surface area contributed by atoms with Crippen LogP contribution in [0.5, 0.6) is 0 Å². The van der Waals surface area contributed by atoms with Crippen molar-refractivity contribution >= 4 is 16.6 Å². The van der Waals surface area contributed by atoms with Gasteiger partial charge in [-0.2, -0.15) is 0 Å². The summed E-state index contributed by atoms with van der Waals surface area (Å²) in [4.78, 5) is 7.70. The van der Waals surface area contributed by atoms with E-state index >= 15 is 0 Å². The summed E-state index contributed by atoms with van der Waals surface area (Å²) in [5.41, 5.74) is 5.08. The van der Waals surface area contributed by atoms with Crippen molar-refractivity contribution in [2.24, 2.45) is 0 Å². The molecule has 0 spiro atoms. The van der Waals surface area contributed by atoms with Crippen molar-refractivity contribution in [1.82, 2.24) is 9.97 Å². The van der Waals surface area contributed by atoms with Crippen LogP contribution in [0.15, 0.2) is 73.1 Å². The summed E-state index contributed by atoms with van der Waals surface area (Å²) >= 11 is 0. The molecule has 0 radical (unpaired) electrons. The molecule has 4 heteroatoms. The van der Waals surface area contributed by atoms with E-state index in [1.165, 1.54) is 12.1 Å². The summed E-state index contributed by atoms with van der Waals surface area (Å²) in [6.07, 6.45) is 3.60. The zero-order chi connectivity index (χ0) is 17.2. The highest BCUT2D eigenvalue weighted by Gasteiger charge is 2.21. The monoisotopic (exact) mass is 331 g/mol. The van der Waals surface area contributed by atoms with E-state index in [2.05, 4.69) is 34.3 Å². The molecule has 0 aliphatic heterocycles. The van der Waals surface area contributed by atoms with E-state index in [0.29, 0.717) is 0 Å². The van der Waals surface area contributed by atoms with E-state index < -0.39 is 0 Å². The van der Waals surface area contributed by atoms with Gasteiger partial charge >= 0.3 is 0 Å². The van der Waals surface area contributed by atoms with Crippen LogP contribution >= 0.6 is 0 Å². The SMILES string of the molecule is Cc1[nH]c2ccccc2c1C(Nc1cccc(F)c1)c1cccnc1. The highest BCUT2D eigenvalue weighted by molar-refractivity contribution is 5.86. The standard InChI is InChI=1S/C21H18FN3/c1-14-20(18-9-2-3-10-19(18)24-14)21(15-6-5-11-23-13-15)25-17-8-4-7-16(22)12-17/h2-13,21,24-25H,1H3. The Morgan fingerprint density at radius 1 is 1.04 bits per heavy atom. The Balaban J connectivity index is 1.87. The van der Waals surface area contributed by atoms with Gasteiger partial charge in [0.25, 0.3) is 0 Å². The third-order valence-electron chi connectivity index (χ3n) is 4.39. The second-order valence-corrected chi connectivity index (χ2v) is 6.08. The molecule has 2 aromatic heterocycles. The van der Waals surface area contributed by atoms with Crippen molar-refractivity contribution in [2.45, 2.75) is 13.0 Å². The number of H-pyrrole nitrogens is 1. The van der Waals surface area contributed by atoms with Crippen LogP contribution in [-0.2, 0) is 0 Å². The van der Waals surface area contributed by atoms with E-state index in [1.807, 2.05) is 36.5 Å². The molecule has 3 nitrogen and oxygen atoms in total. The molecule has 124 valence electrons. The van der Waals surface area contributed by atoms with Crippen LogP contribution in [0.4, 0.5) is 10.1 Å². The van der Waals surface area contributed by atoms with Crippen LogP contribution in [0.2, 0.25) is 0 Å². The van der Waals surface area contributed by atoms with Gasteiger partial charge in [-0.15, -0.1) is 0 Å². The van der Waals surface area contributed by atoms with Crippen LogP contribution < -0.4 is 5.32 Å². The fourth-order valence-electron chi connectivity index (χ4n) is 3.28. The van der Waals surface area contributed by atoms with E-state index in [-0.39, 0.29) is 11.9 Å². The minimum Gasteiger partial charge on any atom is -0.374 e. The summed E-state index contributed by atoms with van der Waals surface area (Å²) in [7, 11) is 0. The Kier molecular flexibility index (Phi) is 3.94. The zero-order valence-corrected chi connectivity index (χ0v) is 13.8. The number of halogens is 1. The van der Waals surface area contributed by atoms with Crippen LogP contribution in [0.25, 0.3) is 10.9 Å². The van der Waals surface area contributed by atoms with Crippen molar-refractivity contribution < 1.29 is 4.39 Å². The quantitative estimate of drug-likeness (QED) is 0.539. The molecule has 4 rings (SSSR count). The lowest BCUT2D eigenvalue weighted by Crippen LogP contribution is -2.13. The third kappa shape index (κ3) is 2.98. The first-order valence-corrected chi connectivity index (χ1v) is 8.21. The normalized spacial score (nSPS) is 12.2. The van der Waals surface area contributed by atoms with Crippen molar-refractivity contribution in [1.29, 1.82) is 0 Å². The Hall–Kier alpha value is -3.14. The van der Waals surface area contributed by atoms with Gasteiger partial charge in [-0.3, -0.25) is 4.98 Å². The number of fused-ring (bicyclic) bond motifs is 1. The Morgan fingerprint density at radius 3 is 2.72 bits per heavy atom. The smallest absolute Gasteiger partial charge is 0.125 e. The van der Waals surface area contributed by atoms with Gasteiger partial charge < -0.3 is 10.3 Å². The van der Waals surface area contributed by atoms with E-state index in [0.717, 1.165) is 33.4 Å². The Labute approximate surface area is 145 Å². The minimum absolute atomic E-state index is 0.133. The van der Waals surface area contributed by atoms with Gasteiger partial charge in [0.2, 0.25) is 0 Å². The van der Waals surface area contributed by atoms with Gasteiger partial charge in [-0.25, -0.2) is 4.39 Å². The van der Waals surface area contributed by atoms with Crippen LogP contribution in [-0.4, -0.2) is 9.97 Å². The molecule has 25 heavy (non-hydrogen) atoms. The molecule has 4 aromatic rings. The van der Waals surface area contributed by atoms with Crippen LogP contribution in [0.3, 0.4) is 0 Å². The fraction of sp³-hybridized carbons (Fsp3) is 0.0952. The number of rotatable bonds is 4. The lowest BCUT2D eigenvalue weighted by molar-refractivity contribution is 0.628. The van der Waals surface area contributed by atoms with Crippen molar-refractivity contribution in [3.8, 4) is 0 Å². The lowest BCUT2D eigenvalue weighted by Gasteiger charge is -2.21. The first-order valence-electron chi connectivity index (χ1n) is 8.21. The van der Waals surface area contributed by atoms with Crippen LogP contribution in [0.1, 0.15) is 22.9 Å². The number of benzene rings is 2. The molecule has 0 saturated heterocycles. The van der Waals surface area contributed by atoms with Gasteiger partial charge in [0.05, 0.1) is 6.04 Å². The number of hydrogen-bond donors (Lipinski definition) is 2. The third-order valence-corrected chi connectivity index (χ3v) is 4.39. The summed E-state index contributed by atoms with van der Waals surface area (Å²) < 4.78 is 13.6. The molecule has 2 N–H and O–H groups in total. The lowest BCUT2D eigenvalue weighted by atomic mass is 9.97. The van der Waals surface area contributed by atoms with Crippen molar-refractivity contribution in [3.05, 3.63) is 95.7 Å². The number of aromatic nitrogens is 2. The molecule has 0 aliphatic rings. The maximum absolute atomic E-state index is 13.6. The van der Waals surface area contributed by atoms with Gasteiger partial charge in [0.15, 0.2) is 0 Å². The predicted octanol–water partition coefficient (Wildman–Crippen LogP) is 5.21. The molecule has 0 saturated carbocycles. The fourth-order valence-corrected chi connectivity index (χ4v) is 3.28. The number of para-hydroxylation sites is 1. The Morgan fingerprint density at radius 2 is 1.92 bits per heavy atom. The minimum atomic E-state index is -0.259. The second-order valence-electron chi connectivity index (χ2n) is 6.08. The number of pyridine rings is 1. The zero-order valence-electron chi connectivity index (χ0n) is 13.8.